The molecule has 0 aliphatic carbocycles. The summed E-state index contributed by atoms with van der Waals surface area (Å²) in [7, 11) is 0. The third-order valence-corrected chi connectivity index (χ3v) is 3.48. The Bertz CT molecular complexity index is 688. The lowest BCUT2D eigenvalue weighted by Gasteiger charge is -2.13. The summed E-state index contributed by atoms with van der Waals surface area (Å²) in [6.45, 7) is 5.87. The second-order valence-corrected chi connectivity index (χ2v) is 5.61. The first-order valence-electron chi connectivity index (χ1n) is 7.35. The highest BCUT2D eigenvalue weighted by Gasteiger charge is 2.10. The van der Waals surface area contributed by atoms with E-state index in [1.807, 2.05) is 57.2 Å². The fourth-order valence-corrected chi connectivity index (χ4v) is 2.22. The summed E-state index contributed by atoms with van der Waals surface area (Å²) in [5.41, 5.74) is 3.36. The van der Waals surface area contributed by atoms with Gasteiger partial charge in [-0.15, -0.1) is 0 Å². The zero-order valence-electron chi connectivity index (χ0n) is 13.1. The van der Waals surface area contributed by atoms with E-state index < -0.39 is 0 Å². The van der Waals surface area contributed by atoms with Crippen molar-refractivity contribution in [1.29, 1.82) is 0 Å². The minimum Gasteiger partial charge on any atom is -0.508 e. The Morgan fingerprint density at radius 1 is 1.18 bits per heavy atom. The van der Waals surface area contributed by atoms with E-state index in [2.05, 4.69) is 5.32 Å². The average molecular weight is 295 g/mol. The first-order valence-corrected chi connectivity index (χ1v) is 7.35. The van der Waals surface area contributed by atoms with E-state index in [1.165, 1.54) is 6.08 Å². The Hall–Kier alpha value is -2.55. The van der Waals surface area contributed by atoms with Crippen LogP contribution in [0.3, 0.4) is 0 Å². The van der Waals surface area contributed by atoms with Crippen molar-refractivity contribution in [3.05, 3.63) is 65.2 Å². The highest BCUT2D eigenvalue weighted by molar-refractivity contribution is 6.02. The van der Waals surface area contributed by atoms with E-state index in [-0.39, 0.29) is 17.6 Å². The number of aromatic hydroxyl groups is 1. The highest BCUT2D eigenvalue weighted by atomic mass is 16.3. The number of nitrogens with one attached hydrogen (secondary N) is 1. The minimum atomic E-state index is -0.188. The molecule has 0 atom stereocenters. The first kappa shape index (κ1) is 15.8. The van der Waals surface area contributed by atoms with Gasteiger partial charge in [0.25, 0.3) is 0 Å². The van der Waals surface area contributed by atoms with Crippen LogP contribution in [0.2, 0.25) is 0 Å². The molecule has 2 aromatic carbocycles. The maximum atomic E-state index is 12.0. The van der Waals surface area contributed by atoms with Crippen LogP contribution in [0, 0.1) is 6.92 Å². The number of benzene rings is 2. The van der Waals surface area contributed by atoms with Crippen molar-refractivity contribution < 1.29 is 9.90 Å². The smallest absolute Gasteiger partial charge is 0.248 e. The molecule has 0 saturated carbocycles. The standard InChI is InChI=1S/C19H21NO2/c1-13(2)16-12-17(14(3)11-18(16)21)20-19(22)10-9-15-7-5-4-6-8-15/h4-13,21H,1-3H3,(H,20,22). The summed E-state index contributed by atoms with van der Waals surface area (Å²) < 4.78 is 0. The third kappa shape index (κ3) is 3.98. The van der Waals surface area contributed by atoms with E-state index in [1.54, 1.807) is 12.1 Å². The van der Waals surface area contributed by atoms with Gasteiger partial charge in [0, 0.05) is 11.8 Å². The molecule has 0 saturated heterocycles. The molecule has 0 unspecified atom stereocenters. The zero-order valence-corrected chi connectivity index (χ0v) is 13.1. The van der Waals surface area contributed by atoms with Gasteiger partial charge in [0.1, 0.15) is 5.75 Å². The fourth-order valence-electron chi connectivity index (χ4n) is 2.22. The van der Waals surface area contributed by atoms with Gasteiger partial charge in [0.05, 0.1) is 0 Å². The molecule has 2 aromatic rings. The number of aryl methyl sites for hydroxylation is 1. The van der Waals surface area contributed by atoms with Crippen LogP contribution in [0.25, 0.3) is 6.08 Å². The SMILES string of the molecule is Cc1cc(O)c(C(C)C)cc1NC(=O)C=Cc1ccccc1. The fraction of sp³-hybridized carbons (Fsp3) is 0.211. The Morgan fingerprint density at radius 2 is 1.86 bits per heavy atom. The molecule has 2 N–H and O–H groups in total. The number of anilines is 1. The van der Waals surface area contributed by atoms with Crippen LogP contribution in [-0.2, 0) is 4.79 Å². The van der Waals surface area contributed by atoms with Gasteiger partial charge < -0.3 is 10.4 Å². The lowest BCUT2D eigenvalue weighted by molar-refractivity contribution is -0.111. The number of rotatable bonds is 4. The van der Waals surface area contributed by atoms with Crippen molar-refractivity contribution in [3.8, 4) is 5.75 Å². The lowest BCUT2D eigenvalue weighted by Crippen LogP contribution is -2.09. The lowest BCUT2D eigenvalue weighted by atomic mass is 9.99. The molecule has 0 heterocycles. The summed E-state index contributed by atoms with van der Waals surface area (Å²) in [6, 6.07) is 13.2. The first-order chi connectivity index (χ1) is 10.5. The van der Waals surface area contributed by atoms with Gasteiger partial charge in [-0.25, -0.2) is 0 Å². The average Bonchev–Trinajstić information content (AvgIpc) is 2.48. The Morgan fingerprint density at radius 3 is 2.50 bits per heavy atom. The molecule has 0 aromatic heterocycles. The molecule has 114 valence electrons. The number of carbonyl (C=O) groups excluding carboxylic acids is 1. The van der Waals surface area contributed by atoms with Crippen LogP contribution in [0.5, 0.6) is 5.75 Å². The van der Waals surface area contributed by atoms with Crippen molar-refractivity contribution in [1.82, 2.24) is 0 Å². The minimum absolute atomic E-state index is 0.188. The van der Waals surface area contributed by atoms with Gasteiger partial charge in [-0.2, -0.15) is 0 Å². The number of amides is 1. The molecule has 0 aliphatic rings. The van der Waals surface area contributed by atoms with Gasteiger partial charge in [-0.3, -0.25) is 4.79 Å². The number of hydrogen-bond donors (Lipinski definition) is 2. The molecule has 2 rings (SSSR count). The van der Waals surface area contributed by atoms with Crippen LogP contribution in [-0.4, -0.2) is 11.0 Å². The second-order valence-electron chi connectivity index (χ2n) is 5.61. The molecule has 0 bridgehead atoms. The van der Waals surface area contributed by atoms with Crippen molar-refractivity contribution in [2.75, 3.05) is 5.32 Å². The van der Waals surface area contributed by atoms with E-state index >= 15 is 0 Å². The van der Waals surface area contributed by atoms with Crippen LogP contribution in [0.15, 0.2) is 48.5 Å². The molecule has 0 radical (unpaired) electrons. The Labute approximate surface area is 131 Å². The molecule has 3 nitrogen and oxygen atoms in total. The summed E-state index contributed by atoms with van der Waals surface area (Å²) >= 11 is 0. The Balaban J connectivity index is 2.15. The number of hydrogen-bond acceptors (Lipinski definition) is 2. The molecule has 3 heteroatoms. The predicted octanol–water partition coefficient (Wildman–Crippen LogP) is 4.48. The zero-order chi connectivity index (χ0) is 16.1. The topological polar surface area (TPSA) is 49.3 Å². The number of carbonyl (C=O) groups is 1. The van der Waals surface area contributed by atoms with Gasteiger partial charge >= 0.3 is 0 Å². The van der Waals surface area contributed by atoms with E-state index in [9.17, 15) is 9.90 Å². The molecule has 0 fully saturated rings. The maximum absolute atomic E-state index is 12.0. The molecular formula is C19H21NO2. The summed E-state index contributed by atoms with van der Waals surface area (Å²) in [6.07, 6.45) is 3.28. The molecule has 22 heavy (non-hydrogen) atoms. The predicted molar refractivity (Wildman–Crippen MR) is 91.0 cm³/mol. The molecule has 0 spiro atoms. The summed E-state index contributed by atoms with van der Waals surface area (Å²) in [4.78, 5) is 12.0. The van der Waals surface area contributed by atoms with Gasteiger partial charge in [0.2, 0.25) is 5.91 Å². The third-order valence-electron chi connectivity index (χ3n) is 3.48. The van der Waals surface area contributed by atoms with Crippen LogP contribution >= 0.6 is 0 Å². The normalized spacial score (nSPS) is 11.1. The molecular weight excluding hydrogens is 274 g/mol. The largest absolute Gasteiger partial charge is 0.508 e. The van der Waals surface area contributed by atoms with Crippen LogP contribution in [0.1, 0.15) is 36.5 Å². The molecule has 1 amide bonds. The van der Waals surface area contributed by atoms with Crippen molar-refractivity contribution in [2.45, 2.75) is 26.7 Å². The van der Waals surface area contributed by atoms with E-state index in [0.29, 0.717) is 0 Å². The van der Waals surface area contributed by atoms with Crippen LogP contribution in [0.4, 0.5) is 5.69 Å². The quantitative estimate of drug-likeness (QED) is 0.645. The van der Waals surface area contributed by atoms with Crippen LogP contribution < -0.4 is 5.32 Å². The summed E-state index contributed by atoms with van der Waals surface area (Å²) in [5.74, 6) is 0.272. The monoisotopic (exact) mass is 295 g/mol. The Kier molecular flexibility index (Phi) is 4.99. The van der Waals surface area contributed by atoms with E-state index in [0.717, 1.165) is 22.4 Å². The van der Waals surface area contributed by atoms with Gasteiger partial charge in [-0.1, -0.05) is 44.2 Å². The van der Waals surface area contributed by atoms with Gasteiger partial charge in [0.15, 0.2) is 0 Å². The van der Waals surface area contributed by atoms with Gasteiger partial charge in [-0.05, 0) is 47.7 Å². The van der Waals surface area contributed by atoms with E-state index in [4.69, 9.17) is 0 Å². The second kappa shape index (κ2) is 6.94. The van der Waals surface area contributed by atoms with Crippen molar-refractivity contribution in [3.63, 3.8) is 0 Å². The van der Waals surface area contributed by atoms with Crippen molar-refractivity contribution >= 4 is 17.7 Å². The highest BCUT2D eigenvalue weighted by Crippen LogP contribution is 2.31. The number of phenols is 1. The van der Waals surface area contributed by atoms with Crippen molar-refractivity contribution in [2.24, 2.45) is 0 Å². The summed E-state index contributed by atoms with van der Waals surface area (Å²) in [5, 5.41) is 12.8. The molecule has 0 aliphatic heterocycles. The maximum Gasteiger partial charge on any atom is 0.248 e. The number of phenolic OH excluding ortho intramolecular Hbond substituents is 1.